The van der Waals surface area contributed by atoms with Crippen molar-refractivity contribution in [3.63, 3.8) is 0 Å². The van der Waals surface area contributed by atoms with Gasteiger partial charge in [-0.05, 0) is 57.1 Å². The molecule has 1 amide bonds. The van der Waals surface area contributed by atoms with E-state index < -0.39 is 11.9 Å². The van der Waals surface area contributed by atoms with Crippen molar-refractivity contribution in [3.05, 3.63) is 53.5 Å². The number of H-pyrrole nitrogens is 1. The second kappa shape index (κ2) is 11.8. The Morgan fingerprint density at radius 3 is 2.84 bits per heavy atom. The van der Waals surface area contributed by atoms with Crippen LogP contribution >= 0.6 is 11.6 Å². The molecule has 2 atom stereocenters. The number of fused-ring (bicyclic) bond motifs is 2. The summed E-state index contributed by atoms with van der Waals surface area (Å²) in [7, 11) is 2.06. The lowest BCUT2D eigenvalue weighted by atomic mass is 9.95. The number of hydrogen-bond donors (Lipinski definition) is 1. The first-order chi connectivity index (χ1) is 20.8. The number of benzene rings is 2. The standard InChI is InChI=1S/C31H32ClFN8O2/c1-4-25(42)41-13-12-40(16-19(41)9-10-34)30-21-14-23(32)27(26-18(2)7-8-24-22(26)15-35-38-24)28(33)29(21)36-31(37-30)43-17-20-6-5-11-39(20)3/h4,7-8,14-15,19-20H,1,5-6,9,11-13,16-17H2,2-3H3,(H,35,38)/t19?,20-/m0/s1. The highest BCUT2D eigenvalue weighted by molar-refractivity contribution is 6.35. The molecule has 2 aliphatic heterocycles. The van der Waals surface area contributed by atoms with E-state index in [9.17, 15) is 10.1 Å². The number of anilines is 1. The van der Waals surface area contributed by atoms with Crippen molar-refractivity contribution in [1.29, 1.82) is 5.26 Å². The number of amides is 1. The highest BCUT2D eigenvalue weighted by atomic mass is 35.5. The summed E-state index contributed by atoms with van der Waals surface area (Å²) in [5.41, 5.74) is 2.55. The van der Waals surface area contributed by atoms with Gasteiger partial charge < -0.3 is 19.4 Å². The number of rotatable bonds is 7. The van der Waals surface area contributed by atoms with Crippen LogP contribution in [-0.2, 0) is 4.79 Å². The van der Waals surface area contributed by atoms with Crippen molar-refractivity contribution in [2.75, 3.05) is 44.7 Å². The normalized spacial score (nSPS) is 19.2. The van der Waals surface area contributed by atoms with E-state index >= 15 is 4.39 Å². The summed E-state index contributed by atoms with van der Waals surface area (Å²) in [5.74, 6) is -0.376. The Balaban J connectivity index is 1.49. The number of nitrogens with zero attached hydrogens (tertiary/aromatic N) is 7. The van der Waals surface area contributed by atoms with Gasteiger partial charge >= 0.3 is 6.01 Å². The van der Waals surface area contributed by atoms with E-state index in [1.54, 1.807) is 17.2 Å². The maximum atomic E-state index is 16.8. The second-order valence-electron chi connectivity index (χ2n) is 11.1. The van der Waals surface area contributed by atoms with Crippen molar-refractivity contribution in [3.8, 4) is 23.2 Å². The van der Waals surface area contributed by atoms with Crippen LogP contribution in [0.25, 0.3) is 32.9 Å². The third-order valence-corrected chi connectivity index (χ3v) is 8.87. The van der Waals surface area contributed by atoms with Crippen molar-refractivity contribution >= 4 is 45.1 Å². The lowest BCUT2D eigenvalue weighted by molar-refractivity contribution is -0.128. The first-order valence-corrected chi connectivity index (χ1v) is 14.7. The van der Waals surface area contributed by atoms with Crippen molar-refractivity contribution in [2.45, 2.75) is 38.3 Å². The van der Waals surface area contributed by atoms with Gasteiger partial charge in [0.05, 0.1) is 35.3 Å². The molecule has 2 aromatic carbocycles. The number of piperazine rings is 1. The van der Waals surface area contributed by atoms with E-state index in [0.29, 0.717) is 43.0 Å². The first kappa shape index (κ1) is 28.8. The zero-order valence-electron chi connectivity index (χ0n) is 24.1. The summed E-state index contributed by atoms with van der Waals surface area (Å²) in [6.45, 7) is 7.94. The summed E-state index contributed by atoms with van der Waals surface area (Å²) in [5, 5.41) is 18.0. The number of aromatic nitrogens is 4. The summed E-state index contributed by atoms with van der Waals surface area (Å²) in [6.07, 6.45) is 5.12. The van der Waals surface area contributed by atoms with Crippen molar-refractivity contribution in [2.24, 2.45) is 0 Å². The van der Waals surface area contributed by atoms with Gasteiger partial charge in [0, 0.05) is 47.6 Å². The Bertz CT molecular complexity index is 1770. The summed E-state index contributed by atoms with van der Waals surface area (Å²) in [6, 6.07) is 7.54. The van der Waals surface area contributed by atoms with Gasteiger partial charge in [-0.1, -0.05) is 24.2 Å². The number of carbonyl (C=O) groups is 1. The van der Waals surface area contributed by atoms with Crippen LogP contribution in [0, 0.1) is 24.1 Å². The number of ether oxygens (including phenoxy) is 1. The maximum absolute atomic E-state index is 16.8. The summed E-state index contributed by atoms with van der Waals surface area (Å²) >= 11 is 6.87. The Morgan fingerprint density at radius 1 is 1.26 bits per heavy atom. The first-order valence-electron chi connectivity index (χ1n) is 14.3. The third kappa shape index (κ3) is 5.26. The van der Waals surface area contributed by atoms with Crippen LogP contribution in [0.4, 0.5) is 10.2 Å². The zero-order valence-corrected chi connectivity index (χ0v) is 24.9. The van der Waals surface area contributed by atoms with E-state index in [1.807, 2.05) is 24.0 Å². The molecule has 222 valence electrons. The smallest absolute Gasteiger partial charge is 0.319 e. The van der Waals surface area contributed by atoms with E-state index in [1.165, 1.54) is 6.08 Å². The minimum atomic E-state index is -0.583. The van der Waals surface area contributed by atoms with Crippen LogP contribution < -0.4 is 9.64 Å². The second-order valence-corrected chi connectivity index (χ2v) is 11.6. The number of halogens is 2. The number of nitriles is 1. The van der Waals surface area contributed by atoms with Gasteiger partial charge in [0.25, 0.3) is 0 Å². The monoisotopic (exact) mass is 602 g/mol. The SMILES string of the molecule is C=CC(=O)N1CCN(c2nc(OC[C@@H]3CCCN3C)nc3c(F)c(-c4c(C)ccc5[nH]ncc45)c(Cl)cc23)CC1CC#N. The van der Waals surface area contributed by atoms with E-state index in [4.69, 9.17) is 21.3 Å². The Morgan fingerprint density at radius 2 is 2.09 bits per heavy atom. The number of aromatic amines is 1. The molecule has 1 unspecified atom stereocenters. The Hall–Kier alpha value is -4.27. The third-order valence-electron chi connectivity index (χ3n) is 8.57. The fraction of sp³-hybridized carbons (Fsp3) is 0.387. The molecule has 2 aromatic heterocycles. The predicted octanol–water partition coefficient (Wildman–Crippen LogP) is 4.86. The number of nitrogens with one attached hydrogen (secondary N) is 1. The molecule has 4 heterocycles. The van der Waals surface area contributed by atoms with Crippen LogP contribution in [-0.4, -0.2) is 87.8 Å². The molecule has 0 aliphatic carbocycles. The molecular weight excluding hydrogens is 571 g/mol. The maximum Gasteiger partial charge on any atom is 0.319 e. The van der Waals surface area contributed by atoms with Crippen LogP contribution in [0.1, 0.15) is 24.8 Å². The topological polar surface area (TPSA) is 114 Å². The quantitative estimate of drug-likeness (QED) is 0.298. The zero-order chi connectivity index (χ0) is 30.2. The van der Waals surface area contributed by atoms with Gasteiger partial charge in [-0.25, -0.2) is 4.39 Å². The molecule has 0 spiro atoms. The fourth-order valence-electron chi connectivity index (χ4n) is 6.25. The number of aryl methyl sites for hydroxylation is 1. The average molecular weight is 603 g/mol. The molecule has 12 heteroatoms. The number of carbonyl (C=O) groups excluding carboxylic acids is 1. The molecule has 10 nitrogen and oxygen atoms in total. The van der Waals surface area contributed by atoms with Crippen LogP contribution in [0.3, 0.4) is 0 Å². The molecule has 2 saturated heterocycles. The summed E-state index contributed by atoms with van der Waals surface area (Å²) in [4.78, 5) is 27.7. The largest absolute Gasteiger partial charge is 0.462 e. The minimum absolute atomic E-state index is 0.0645. The van der Waals surface area contributed by atoms with Gasteiger partial charge in [0.15, 0.2) is 5.82 Å². The number of hydrogen-bond acceptors (Lipinski definition) is 8. The predicted molar refractivity (Wildman–Crippen MR) is 164 cm³/mol. The van der Waals surface area contributed by atoms with Crippen LogP contribution in [0.5, 0.6) is 6.01 Å². The lowest BCUT2D eigenvalue weighted by Crippen LogP contribution is -2.55. The highest BCUT2D eigenvalue weighted by Gasteiger charge is 2.32. The van der Waals surface area contributed by atoms with Crippen molar-refractivity contribution < 1.29 is 13.9 Å². The average Bonchev–Trinajstić information content (AvgIpc) is 3.65. The van der Waals surface area contributed by atoms with Gasteiger partial charge in [-0.3, -0.25) is 9.89 Å². The van der Waals surface area contributed by atoms with Crippen LogP contribution in [0.15, 0.2) is 37.1 Å². The molecule has 0 radical (unpaired) electrons. The molecule has 43 heavy (non-hydrogen) atoms. The molecule has 6 rings (SSSR count). The lowest BCUT2D eigenvalue weighted by Gasteiger charge is -2.41. The van der Waals surface area contributed by atoms with Gasteiger partial charge in [0.2, 0.25) is 5.91 Å². The van der Waals surface area contributed by atoms with Gasteiger partial charge in [0.1, 0.15) is 17.9 Å². The fourth-order valence-corrected chi connectivity index (χ4v) is 6.54. The molecule has 1 N–H and O–H groups in total. The van der Waals surface area contributed by atoms with E-state index in [-0.39, 0.29) is 40.5 Å². The van der Waals surface area contributed by atoms with E-state index in [2.05, 4.69) is 39.8 Å². The molecule has 0 bridgehead atoms. The molecular formula is C31H32ClFN8O2. The Labute approximate surface area is 253 Å². The molecule has 2 aliphatic rings. The van der Waals surface area contributed by atoms with Gasteiger partial charge in [-0.2, -0.15) is 20.3 Å². The highest BCUT2D eigenvalue weighted by Crippen LogP contribution is 2.42. The molecule has 0 saturated carbocycles. The number of likely N-dealkylation sites (N-methyl/N-ethyl adjacent to an activating group) is 1. The number of likely N-dealkylation sites (tertiary alicyclic amines) is 1. The molecule has 4 aromatic rings. The van der Waals surface area contributed by atoms with Crippen LogP contribution in [0.2, 0.25) is 5.02 Å². The summed E-state index contributed by atoms with van der Waals surface area (Å²) < 4.78 is 22.9. The van der Waals surface area contributed by atoms with Crippen molar-refractivity contribution in [1.82, 2.24) is 30.0 Å². The molecule has 2 fully saturated rings. The Kier molecular flexibility index (Phi) is 7.90. The van der Waals surface area contributed by atoms with E-state index in [0.717, 1.165) is 35.9 Å². The van der Waals surface area contributed by atoms with Gasteiger partial charge in [-0.15, -0.1) is 0 Å². The minimum Gasteiger partial charge on any atom is -0.462 e.